The Morgan fingerprint density at radius 2 is 2.04 bits per heavy atom. The van der Waals surface area contributed by atoms with Gasteiger partial charge in [-0.1, -0.05) is 42.0 Å². The summed E-state index contributed by atoms with van der Waals surface area (Å²) in [5.41, 5.74) is 3.90. The van der Waals surface area contributed by atoms with Gasteiger partial charge < -0.3 is 5.32 Å². The summed E-state index contributed by atoms with van der Waals surface area (Å²) in [7, 11) is 0. The lowest BCUT2D eigenvalue weighted by Crippen LogP contribution is -2.12. The second kappa shape index (κ2) is 6.83. The molecule has 116 valence electrons. The molecule has 0 unspecified atom stereocenters. The molecule has 0 radical (unpaired) electrons. The van der Waals surface area contributed by atoms with E-state index in [4.69, 9.17) is 0 Å². The maximum atomic E-state index is 12.1. The molecule has 0 aliphatic carbocycles. The van der Waals surface area contributed by atoms with Crippen LogP contribution in [0.3, 0.4) is 0 Å². The molecule has 1 aromatic heterocycles. The zero-order valence-corrected chi connectivity index (χ0v) is 12.8. The van der Waals surface area contributed by atoms with Crippen LogP contribution in [0.2, 0.25) is 0 Å². The zero-order valence-electron chi connectivity index (χ0n) is 12.8. The van der Waals surface area contributed by atoms with Crippen LogP contribution in [0.15, 0.2) is 48.5 Å². The fourth-order valence-electron chi connectivity index (χ4n) is 2.37. The summed E-state index contributed by atoms with van der Waals surface area (Å²) in [5, 5.41) is 16.7. The summed E-state index contributed by atoms with van der Waals surface area (Å²) in [5.74, 6) is 0.484. The number of nitrogens with zero attached hydrogens (tertiary/aromatic N) is 3. The largest absolute Gasteiger partial charge is 0.326 e. The fraction of sp³-hybridized carbons (Fsp3) is 0.176. The highest BCUT2D eigenvalue weighted by Gasteiger charge is 2.07. The lowest BCUT2D eigenvalue weighted by Gasteiger charge is -2.07. The second-order valence-corrected chi connectivity index (χ2v) is 5.35. The molecule has 0 fully saturated rings. The van der Waals surface area contributed by atoms with Gasteiger partial charge in [-0.15, -0.1) is 10.2 Å². The van der Waals surface area contributed by atoms with E-state index in [9.17, 15) is 4.79 Å². The monoisotopic (exact) mass is 307 g/mol. The smallest absolute Gasteiger partial charge is 0.224 e. The predicted molar refractivity (Wildman–Crippen MR) is 87.7 cm³/mol. The van der Waals surface area contributed by atoms with Crippen molar-refractivity contribution in [2.45, 2.75) is 19.8 Å². The van der Waals surface area contributed by atoms with Gasteiger partial charge in [0.05, 0.1) is 0 Å². The van der Waals surface area contributed by atoms with Gasteiger partial charge in [0.15, 0.2) is 0 Å². The van der Waals surface area contributed by atoms with Crippen molar-refractivity contribution >= 4 is 11.6 Å². The normalized spacial score (nSPS) is 10.5. The molecule has 0 atom stereocenters. The van der Waals surface area contributed by atoms with Crippen LogP contribution in [0.4, 0.5) is 5.69 Å². The number of nitrogens with one attached hydrogen (secondary N) is 2. The van der Waals surface area contributed by atoms with E-state index in [1.807, 2.05) is 49.4 Å². The Balaban J connectivity index is 1.61. The Hall–Kier alpha value is -3.02. The summed E-state index contributed by atoms with van der Waals surface area (Å²) in [6.45, 7) is 2.05. The van der Waals surface area contributed by atoms with Gasteiger partial charge >= 0.3 is 0 Å². The number of hydrogen-bond donors (Lipinski definition) is 2. The quantitative estimate of drug-likeness (QED) is 0.759. The minimum Gasteiger partial charge on any atom is -0.326 e. The molecule has 1 amide bonds. The molecule has 6 nitrogen and oxygen atoms in total. The zero-order chi connectivity index (χ0) is 16.1. The average molecular weight is 307 g/mol. The van der Waals surface area contributed by atoms with E-state index in [-0.39, 0.29) is 5.91 Å². The van der Waals surface area contributed by atoms with Crippen molar-refractivity contribution in [2.75, 3.05) is 5.32 Å². The van der Waals surface area contributed by atoms with Gasteiger partial charge in [-0.05, 0) is 36.3 Å². The first-order chi connectivity index (χ1) is 11.2. The first-order valence-electron chi connectivity index (χ1n) is 7.40. The van der Waals surface area contributed by atoms with E-state index in [0.29, 0.717) is 12.2 Å². The Morgan fingerprint density at radius 1 is 1.17 bits per heavy atom. The summed E-state index contributed by atoms with van der Waals surface area (Å²) < 4.78 is 0. The maximum absolute atomic E-state index is 12.1. The van der Waals surface area contributed by atoms with Gasteiger partial charge in [-0.2, -0.15) is 5.21 Å². The summed E-state index contributed by atoms with van der Waals surface area (Å²) in [6.07, 6.45) is 1.16. The number of rotatable bonds is 5. The van der Waals surface area contributed by atoms with E-state index in [0.717, 1.165) is 17.7 Å². The van der Waals surface area contributed by atoms with Crippen molar-refractivity contribution in [2.24, 2.45) is 0 Å². The Labute approximate surface area is 133 Å². The molecule has 0 bridgehead atoms. The van der Waals surface area contributed by atoms with Crippen LogP contribution in [0.25, 0.3) is 11.4 Å². The van der Waals surface area contributed by atoms with E-state index in [1.54, 1.807) is 0 Å². The standard InChI is InChI=1S/C17H17N5O/c1-12-4-2-5-13(10-12)8-9-16(23)18-15-7-3-6-14(11-15)17-19-21-22-20-17/h2-7,10-11H,8-9H2,1H3,(H,18,23)(H,19,20,21,22). The molecular weight excluding hydrogens is 290 g/mol. The van der Waals surface area contributed by atoms with Crippen LogP contribution in [0.5, 0.6) is 0 Å². The second-order valence-electron chi connectivity index (χ2n) is 5.35. The van der Waals surface area contributed by atoms with Crippen LogP contribution in [0, 0.1) is 6.92 Å². The van der Waals surface area contributed by atoms with Gasteiger partial charge in [0, 0.05) is 17.7 Å². The molecule has 0 saturated carbocycles. The van der Waals surface area contributed by atoms with Crippen molar-refractivity contribution in [3.8, 4) is 11.4 Å². The number of tetrazole rings is 1. The number of anilines is 1. The van der Waals surface area contributed by atoms with E-state index in [2.05, 4.69) is 32.0 Å². The topological polar surface area (TPSA) is 83.6 Å². The lowest BCUT2D eigenvalue weighted by molar-refractivity contribution is -0.116. The number of benzene rings is 2. The molecule has 1 heterocycles. The predicted octanol–water partition coefficient (Wildman–Crippen LogP) is 2.75. The molecule has 0 aliphatic rings. The van der Waals surface area contributed by atoms with Crippen molar-refractivity contribution in [1.29, 1.82) is 0 Å². The summed E-state index contributed by atoms with van der Waals surface area (Å²) >= 11 is 0. The Morgan fingerprint density at radius 3 is 2.83 bits per heavy atom. The van der Waals surface area contributed by atoms with Gasteiger partial charge in [0.2, 0.25) is 11.7 Å². The van der Waals surface area contributed by atoms with Gasteiger partial charge in [0.1, 0.15) is 0 Å². The van der Waals surface area contributed by atoms with Crippen LogP contribution in [-0.4, -0.2) is 26.5 Å². The molecule has 2 N–H and O–H groups in total. The van der Waals surface area contributed by atoms with Crippen molar-refractivity contribution < 1.29 is 4.79 Å². The number of aromatic nitrogens is 4. The third kappa shape index (κ3) is 4.00. The molecule has 0 spiro atoms. The third-order valence-corrected chi connectivity index (χ3v) is 3.47. The summed E-state index contributed by atoms with van der Waals surface area (Å²) in [4.78, 5) is 12.1. The number of hydrogen-bond acceptors (Lipinski definition) is 4. The molecule has 3 aromatic rings. The minimum atomic E-state index is -0.0169. The Kier molecular flexibility index (Phi) is 4.42. The third-order valence-electron chi connectivity index (χ3n) is 3.47. The van der Waals surface area contributed by atoms with Crippen molar-refractivity contribution in [3.05, 3.63) is 59.7 Å². The van der Waals surface area contributed by atoms with Crippen LogP contribution < -0.4 is 5.32 Å². The average Bonchev–Trinajstić information content (AvgIpc) is 3.08. The highest BCUT2D eigenvalue weighted by molar-refractivity contribution is 5.91. The number of aryl methyl sites for hydroxylation is 2. The van der Waals surface area contributed by atoms with E-state index < -0.39 is 0 Å². The maximum Gasteiger partial charge on any atom is 0.224 e. The van der Waals surface area contributed by atoms with Gasteiger partial charge in [-0.3, -0.25) is 4.79 Å². The van der Waals surface area contributed by atoms with Crippen LogP contribution in [0.1, 0.15) is 17.5 Å². The molecule has 23 heavy (non-hydrogen) atoms. The SMILES string of the molecule is Cc1cccc(CCC(=O)Nc2cccc(-c3nn[nH]n3)c2)c1. The van der Waals surface area contributed by atoms with E-state index >= 15 is 0 Å². The number of carbonyl (C=O) groups is 1. The highest BCUT2D eigenvalue weighted by Crippen LogP contribution is 2.18. The first-order valence-corrected chi connectivity index (χ1v) is 7.40. The van der Waals surface area contributed by atoms with Crippen molar-refractivity contribution in [1.82, 2.24) is 20.6 Å². The lowest BCUT2D eigenvalue weighted by atomic mass is 10.1. The highest BCUT2D eigenvalue weighted by atomic mass is 16.1. The number of H-pyrrole nitrogens is 1. The fourth-order valence-corrected chi connectivity index (χ4v) is 2.37. The molecule has 0 saturated heterocycles. The molecule has 2 aromatic carbocycles. The van der Waals surface area contributed by atoms with E-state index in [1.165, 1.54) is 11.1 Å². The number of aromatic amines is 1. The Bertz CT molecular complexity index is 798. The minimum absolute atomic E-state index is 0.0169. The molecule has 0 aliphatic heterocycles. The van der Waals surface area contributed by atoms with Gasteiger partial charge in [0.25, 0.3) is 0 Å². The summed E-state index contributed by atoms with van der Waals surface area (Å²) in [6, 6.07) is 15.6. The molecule has 3 rings (SSSR count). The van der Waals surface area contributed by atoms with Crippen LogP contribution >= 0.6 is 0 Å². The van der Waals surface area contributed by atoms with Crippen LogP contribution in [-0.2, 0) is 11.2 Å². The molecule has 6 heteroatoms. The first kappa shape index (κ1) is 14.9. The number of carbonyl (C=O) groups excluding carboxylic acids is 1. The number of amides is 1. The molecular formula is C17H17N5O. The van der Waals surface area contributed by atoms with Crippen molar-refractivity contribution in [3.63, 3.8) is 0 Å². The van der Waals surface area contributed by atoms with Gasteiger partial charge in [-0.25, -0.2) is 0 Å².